The number of fused-ring (bicyclic) bond motifs is 3. The smallest absolute Gasteiger partial charge is 0.338 e. The van der Waals surface area contributed by atoms with E-state index in [0.29, 0.717) is 22.6 Å². The summed E-state index contributed by atoms with van der Waals surface area (Å²) >= 11 is 0. The fourth-order valence-electron chi connectivity index (χ4n) is 3.69. The van der Waals surface area contributed by atoms with E-state index in [9.17, 15) is 14.4 Å². The molecule has 8 heteroatoms. The molecule has 0 fully saturated rings. The van der Waals surface area contributed by atoms with Crippen molar-refractivity contribution in [2.45, 2.75) is 26.8 Å². The summed E-state index contributed by atoms with van der Waals surface area (Å²) in [6.07, 6.45) is 0. The second kappa shape index (κ2) is 8.06. The molecule has 4 rings (SSSR count). The SMILES string of the molecule is CCOC(=O)c1cccc(NC(=O)C(C)n2c3ccccc3c3nc(=O)cc(C)n32)c1. The van der Waals surface area contributed by atoms with Crippen molar-refractivity contribution >= 4 is 34.1 Å². The number of hydrogen-bond acceptors (Lipinski definition) is 5. The Labute approximate surface area is 178 Å². The van der Waals surface area contributed by atoms with Gasteiger partial charge in [-0.25, -0.2) is 9.31 Å². The van der Waals surface area contributed by atoms with Crippen LogP contribution < -0.4 is 10.9 Å². The summed E-state index contributed by atoms with van der Waals surface area (Å²) in [6.45, 7) is 5.59. The molecule has 2 aromatic heterocycles. The molecular formula is C23H22N4O4. The average molecular weight is 418 g/mol. The van der Waals surface area contributed by atoms with Gasteiger partial charge in [0.05, 0.1) is 17.7 Å². The van der Waals surface area contributed by atoms with Crippen LogP contribution in [0, 0.1) is 6.92 Å². The first-order chi connectivity index (χ1) is 14.9. The molecular weight excluding hydrogens is 396 g/mol. The molecule has 1 atom stereocenters. The molecule has 4 aromatic rings. The van der Waals surface area contributed by atoms with Crippen LogP contribution in [0.1, 0.15) is 35.9 Å². The summed E-state index contributed by atoms with van der Waals surface area (Å²) in [5, 5.41) is 3.65. The Hall–Kier alpha value is -3.94. The number of benzene rings is 2. The van der Waals surface area contributed by atoms with Gasteiger partial charge in [-0.15, -0.1) is 0 Å². The Balaban J connectivity index is 1.74. The van der Waals surface area contributed by atoms with Crippen molar-refractivity contribution in [2.75, 3.05) is 11.9 Å². The molecule has 0 saturated carbocycles. The van der Waals surface area contributed by atoms with Crippen LogP contribution in [-0.4, -0.2) is 32.7 Å². The van der Waals surface area contributed by atoms with Crippen molar-refractivity contribution in [3.05, 3.63) is 76.2 Å². The molecule has 1 unspecified atom stereocenters. The van der Waals surface area contributed by atoms with Gasteiger partial charge in [0.1, 0.15) is 6.04 Å². The Bertz CT molecular complexity index is 1370. The Morgan fingerprint density at radius 2 is 1.90 bits per heavy atom. The molecule has 1 amide bonds. The van der Waals surface area contributed by atoms with Crippen LogP contribution in [0.25, 0.3) is 16.6 Å². The summed E-state index contributed by atoms with van der Waals surface area (Å²) in [6, 6.07) is 14.9. The van der Waals surface area contributed by atoms with E-state index in [0.717, 1.165) is 10.9 Å². The molecule has 0 saturated heterocycles. The number of amides is 1. The maximum atomic E-state index is 13.1. The van der Waals surface area contributed by atoms with Crippen LogP contribution in [0.5, 0.6) is 0 Å². The van der Waals surface area contributed by atoms with E-state index in [1.165, 1.54) is 6.07 Å². The van der Waals surface area contributed by atoms with Crippen molar-refractivity contribution in [2.24, 2.45) is 0 Å². The van der Waals surface area contributed by atoms with Crippen molar-refractivity contribution in [1.29, 1.82) is 0 Å². The number of aromatic nitrogens is 3. The molecule has 2 heterocycles. The number of aryl methyl sites for hydroxylation is 1. The number of para-hydroxylation sites is 1. The lowest BCUT2D eigenvalue weighted by Gasteiger charge is -2.18. The second-order valence-electron chi connectivity index (χ2n) is 7.20. The first kappa shape index (κ1) is 20.3. The number of carbonyl (C=O) groups excluding carboxylic acids is 2. The number of ether oxygens (including phenoxy) is 1. The minimum absolute atomic E-state index is 0.274. The van der Waals surface area contributed by atoms with Crippen molar-refractivity contribution in [3.63, 3.8) is 0 Å². The third kappa shape index (κ3) is 3.68. The molecule has 0 aliphatic rings. The molecule has 158 valence electrons. The Morgan fingerprint density at radius 1 is 1.13 bits per heavy atom. The lowest BCUT2D eigenvalue weighted by atomic mass is 10.2. The number of nitrogens with zero attached hydrogens (tertiary/aromatic N) is 3. The van der Waals surface area contributed by atoms with Gasteiger partial charge in [0.2, 0.25) is 5.91 Å². The number of esters is 1. The third-order valence-corrected chi connectivity index (χ3v) is 5.08. The van der Waals surface area contributed by atoms with E-state index in [-0.39, 0.29) is 18.1 Å². The standard InChI is InChI=1S/C23H22N4O4/c1-4-31-23(30)16-8-7-9-17(13-16)24-22(29)15(3)27-19-11-6-5-10-18(19)21-25-20(28)12-14(2)26(21)27/h5-13,15H,4H2,1-3H3,(H,24,29). The van der Waals surface area contributed by atoms with E-state index in [1.807, 2.05) is 28.9 Å². The van der Waals surface area contributed by atoms with Crippen LogP contribution >= 0.6 is 0 Å². The minimum atomic E-state index is -0.628. The van der Waals surface area contributed by atoms with E-state index < -0.39 is 12.0 Å². The fraction of sp³-hybridized carbons (Fsp3) is 0.217. The maximum absolute atomic E-state index is 13.1. The summed E-state index contributed by atoms with van der Waals surface area (Å²) in [5.74, 6) is -0.721. The van der Waals surface area contributed by atoms with Gasteiger partial charge in [0.15, 0.2) is 5.65 Å². The van der Waals surface area contributed by atoms with Gasteiger partial charge in [0, 0.05) is 22.8 Å². The summed E-state index contributed by atoms with van der Waals surface area (Å²) in [4.78, 5) is 41.3. The molecule has 0 radical (unpaired) electrons. The highest BCUT2D eigenvalue weighted by Crippen LogP contribution is 2.25. The number of anilines is 1. The molecule has 0 spiro atoms. The first-order valence-corrected chi connectivity index (χ1v) is 9.98. The van der Waals surface area contributed by atoms with E-state index in [4.69, 9.17) is 4.74 Å². The van der Waals surface area contributed by atoms with Crippen LogP contribution in [-0.2, 0) is 9.53 Å². The highest BCUT2D eigenvalue weighted by atomic mass is 16.5. The average Bonchev–Trinajstić information content (AvgIpc) is 3.08. The second-order valence-corrected chi connectivity index (χ2v) is 7.20. The van der Waals surface area contributed by atoms with Crippen molar-refractivity contribution < 1.29 is 14.3 Å². The zero-order valence-electron chi connectivity index (χ0n) is 17.5. The summed E-state index contributed by atoms with van der Waals surface area (Å²) in [7, 11) is 0. The first-order valence-electron chi connectivity index (χ1n) is 9.98. The van der Waals surface area contributed by atoms with Crippen LogP contribution in [0.2, 0.25) is 0 Å². The van der Waals surface area contributed by atoms with Crippen LogP contribution in [0.4, 0.5) is 5.69 Å². The molecule has 2 aromatic carbocycles. The van der Waals surface area contributed by atoms with Crippen molar-refractivity contribution in [1.82, 2.24) is 14.2 Å². The molecule has 0 aliphatic heterocycles. The van der Waals surface area contributed by atoms with Crippen LogP contribution in [0.3, 0.4) is 0 Å². The quantitative estimate of drug-likeness (QED) is 0.502. The Kier molecular flexibility index (Phi) is 5.29. The van der Waals surface area contributed by atoms with Crippen LogP contribution in [0.15, 0.2) is 59.4 Å². The highest BCUT2D eigenvalue weighted by molar-refractivity contribution is 5.98. The van der Waals surface area contributed by atoms with Gasteiger partial charge >= 0.3 is 5.97 Å². The highest BCUT2D eigenvalue weighted by Gasteiger charge is 2.22. The summed E-state index contributed by atoms with van der Waals surface area (Å²) in [5.41, 5.74) is 2.49. The van der Waals surface area contributed by atoms with Gasteiger partial charge in [-0.05, 0) is 51.1 Å². The summed E-state index contributed by atoms with van der Waals surface area (Å²) < 4.78 is 8.62. The largest absolute Gasteiger partial charge is 0.462 e. The number of carbonyl (C=O) groups is 2. The van der Waals surface area contributed by atoms with E-state index >= 15 is 0 Å². The zero-order valence-corrected chi connectivity index (χ0v) is 17.5. The Morgan fingerprint density at radius 3 is 2.68 bits per heavy atom. The molecule has 8 nitrogen and oxygen atoms in total. The van der Waals surface area contributed by atoms with Gasteiger partial charge in [-0.3, -0.25) is 14.3 Å². The molecule has 31 heavy (non-hydrogen) atoms. The fourth-order valence-corrected chi connectivity index (χ4v) is 3.69. The molecule has 1 N–H and O–H groups in total. The minimum Gasteiger partial charge on any atom is -0.462 e. The monoisotopic (exact) mass is 418 g/mol. The number of hydrogen-bond donors (Lipinski definition) is 1. The topological polar surface area (TPSA) is 94.7 Å². The third-order valence-electron chi connectivity index (χ3n) is 5.08. The lowest BCUT2D eigenvalue weighted by Crippen LogP contribution is -2.27. The predicted octanol–water partition coefficient (Wildman–Crippen LogP) is 3.33. The van der Waals surface area contributed by atoms with Crippen molar-refractivity contribution in [3.8, 4) is 0 Å². The number of rotatable bonds is 5. The number of nitrogens with one attached hydrogen (secondary N) is 1. The zero-order chi connectivity index (χ0) is 22.1. The predicted molar refractivity (Wildman–Crippen MR) is 117 cm³/mol. The normalized spacial score (nSPS) is 12.1. The van der Waals surface area contributed by atoms with E-state index in [2.05, 4.69) is 10.3 Å². The van der Waals surface area contributed by atoms with Gasteiger partial charge in [0.25, 0.3) is 5.56 Å². The molecule has 0 bridgehead atoms. The maximum Gasteiger partial charge on any atom is 0.338 e. The lowest BCUT2D eigenvalue weighted by molar-refractivity contribution is -0.119. The van der Waals surface area contributed by atoms with Gasteiger partial charge in [-0.2, -0.15) is 4.98 Å². The molecule has 0 aliphatic carbocycles. The van der Waals surface area contributed by atoms with E-state index in [1.54, 1.807) is 49.6 Å². The van der Waals surface area contributed by atoms with Gasteiger partial charge in [-0.1, -0.05) is 18.2 Å². The van der Waals surface area contributed by atoms with Gasteiger partial charge < -0.3 is 10.1 Å².